The van der Waals surface area contributed by atoms with Crippen molar-refractivity contribution in [3.8, 4) is 5.75 Å². The van der Waals surface area contributed by atoms with E-state index in [2.05, 4.69) is 23.6 Å². The van der Waals surface area contributed by atoms with Gasteiger partial charge in [-0.25, -0.2) is 4.98 Å². The molecule has 3 nitrogen and oxygen atoms in total. The van der Waals surface area contributed by atoms with Crippen LogP contribution in [0.4, 0.5) is 0 Å². The van der Waals surface area contributed by atoms with E-state index >= 15 is 0 Å². The molecule has 0 bridgehead atoms. The standard InChI is InChI=1S/C17H23ClN2O/c1-17(9-4-3-5-10-17)20-15-12-13(21-2)6-7-14(15)19-16(20)8-11-18/h6-7,12H,3-5,8-11H2,1-2H3. The Morgan fingerprint density at radius 2 is 2.05 bits per heavy atom. The van der Waals surface area contributed by atoms with Gasteiger partial charge in [0, 0.05) is 23.9 Å². The van der Waals surface area contributed by atoms with E-state index in [1.165, 1.54) is 37.6 Å². The Kier molecular flexibility index (Phi) is 4.12. The minimum absolute atomic E-state index is 0.154. The Morgan fingerprint density at radius 1 is 1.29 bits per heavy atom. The molecule has 2 aromatic rings. The van der Waals surface area contributed by atoms with E-state index < -0.39 is 0 Å². The molecule has 0 N–H and O–H groups in total. The van der Waals surface area contributed by atoms with E-state index in [9.17, 15) is 0 Å². The van der Waals surface area contributed by atoms with Crippen molar-refractivity contribution in [3.63, 3.8) is 0 Å². The van der Waals surface area contributed by atoms with E-state index in [4.69, 9.17) is 21.3 Å². The van der Waals surface area contributed by atoms with Crippen molar-refractivity contribution < 1.29 is 4.74 Å². The molecule has 1 aromatic heterocycles. The molecule has 4 heteroatoms. The number of alkyl halides is 1. The monoisotopic (exact) mass is 306 g/mol. The second-order valence-electron chi connectivity index (χ2n) is 6.21. The Hall–Kier alpha value is -1.22. The number of methoxy groups -OCH3 is 1. The fraction of sp³-hybridized carbons (Fsp3) is 0.588. The number of hydrogen-bond donors (Lipinski definition) is 0. The predicted molar refractivity (Wildman–Crippen MR) is 87.4 cm³/mol. The summed E-state index contributed by atoms with van der Waals surface area (Å²) >= 11 is 6.00. The summed E-state index contributed by atoms with van der Waals surface area (Å²) < 4.78 is 7.84. The van der Waals surface area contributed by atoms with Gasteiger partial charge in [-0.2, -0.15) is 0 Å². The van der Waals surface area contributed by atoms with Crippen LogP contribution in [0.1, 0.15) is 44.9 Å². The van der Waals surface area contributed by atoms with Crippen LogP contribution in [0.3, 0.4) is 0 Å². The second kappa shape index (κ2) is 5.88. The van der Waals surface area contributed by atoms with E-state index in [1.54, 1.807) is 7.11 Å². The molecule has 1 heterocycles. The Balaban J connectivity index is 2.18. The van der Waals surface area contributed by atoms with Crippen LogP contribution in [0.15, 0.2) is 18.2 Å². The number of ether oxygens (including phenoxy) is 1. The number of benzene rings is 1. The number of hydrogen-bond acceptors (Lipinski definition) is 2. The first-order chi connectivity index (χ1) is 10.2. The molecule has 0 radical (unpaired) electrons. The van der Waals surface area contributed by atoms with Gasteiger partial charge in [0.25, 0.3) is 0 Å². The Labute approximate surface area is 131 Å². The van der Waals surface area contributed by atoms with Crippen molar-refractivity contribution in [1.29, 1.82) is 0 Å². The quantitative estimate of drug-likeness (QED) is 0.777. The van der Waals surface area contributed by atoms with Crippen molar-refractivity contribution >= 4 is 22.6 Å². The molecule has 1 saturated carbocycles. The van der Waals surface area contributed by atoms with Crippen LogP contribution in [-0.4, -0.2) is 22.5 Å². The topological polar surface area (TPSA) is 27.1 Å². The number of rotatable bonds is 4. The Bertz CT molecular complexity index is 629. The van der Waals surface area contributed by atoms with Crippen LogP contribution in [0, 0.1) is 0 Å². The van der Waals surface area contributed by atoms with Crippen LogP contribution >= 0.6 is 11.6 Å². The van der Waals surface area contributed by atoms with Gasteiger partial charge in [0.1, 0.15) is 11.6 Å². The lowest BCUT2D eigenvalue weighted by molar-refractivity contribution is 0.219. The number of fused-ring (bicyclic) bond motifs is 1. The molecule has 1 aromatic carbocycles. The molecule has 1 aliphatic rings. The molecular weight excluding hydrogens is 284 g/mol. The van der Waals surface area contributed by atoms with Gasteiger partial charge in [0.15, 0.2) is 0 Å². The van der Waals surface area contributed by atoms with Crippen LogP contribution in [-0.2, 0) is 12.0 Å². The summed E-state index contributed by atoms with van der Waals surface area (Å²) in [6.07, 6.45) is 7.17. The highest BCUT2D eigenvalue weighted by Gasteiger charge is 2.32. The molecule has 1 aliphatic carbocycles. The zero-order valence-corrected chi connectivity index (χ0v) is 13.6. The maximum atomic E-state index is 6.00. The summed E-state index contributed by atoms with van der Waals surface area (Å²) in [5.74, 6) is 2.61. The van der Waals surface area contributed by atoms with E-state index in [0.29, 0.717) is 5.88 Å². The first-order valence-electron chi connectivity index (χ1n) is 7.80. The van der Waals surface area contributed by atoms with E-state index in [-0.39, 0.29) is 5.54 Å². The van der Waals surface area contributed by atoms with E-state index in [0.717, 1.165) is 23.5 Å². The van der Waals surface area contributed by atoms with Crippen molar-refractivity contribution in [3.05, 3.63) is 24.0 Å². The van der Waals surface area contributed by atoms with Crippen LogP contribution < -0.4 is 4.74 Å². The summed E-state index contributed by atoms with van der Waals surface area (Å²) in [4.78, 5) is 4.82. The third-order valence-electron chi connectivity index (χ3n) is 4.72. The fourth-order valence-electron chi connectivity index (χ4n) is 3.62. The first-order valence-corrected chi connectivity index (χ1v) is 8.33. The molecular formula is C17H23ClN2O. The molecule has 21 heavy (non-hydrogen) atoms. The minimum Gasteiger partial charge on any atom is -0.497 e. The smallest absolute Gasteiger partial charge is 0.121 e. The molecule has 114 valence electrons. The average Bonchev–Trinajstić information content (AvgIpc) is 2.86. The first kappa shape index (κ1) is 14.7. The minimum atomic E-state index is 0.154. The lowest BCUT2D eigenvalue weighted by Gasteiger charge is -2.37. The van der Waals surface area contributed by atoms with Crippen molar-refractivity contribution in [2.45, 2.75) is 51.0 Å². The number of aryl methyl sites for hydroxylation is 1. The lowest BCUT2D eigenvalue weighted by atomic mass is 9.82. The van der Waals surface area contributed by atoms with Crippen molar-refractivity contribution in [1.82, 2.24) is 9.55 Å². The van der Waals surface area contributed by atoms with Gasteiger partial charge >= 0.3 is 0 Å². The highest BCUT2D eigenvalue weighted by molar-refractivity contribution is 6.17. The average molecular weight is 307 g/mol. The highest BCUT2D eigenvalue weighted by Crippen LogP contribution is 2.38. The van der Waals surface area contributed by atoms with Gasteiger partial charge in [-0.15, -0.1) is 11.6 Å². The summed E-state index contributed by atoms with van der Waals surface area (Å²) in [6, 6.07) is 6.14. The normalized spacial score (nSPS) is 18.0. The second-order valence-corrected chi connectivity index (χ2v) is 6.59. The molecule has 3 rings (SSSR count). The third-order valence-corrected chi connectivity index (χ3v) is 4.91. The molecule has 0 atom stereocenters. The molecule has 0 amide bonds. The molecule has 0 unspecified atom stereocenters. The molecule has 0 spiro atoms. The summed E-state index contributed by atoms with van der Waals surface area (Å²) in [7, 11) is 1.71. The van der Waals surface area contributed by atoms with Crippen LogP contribution in [0.2, 0.25) is 0 Å². The maximum Gasteiger partial charge on any atom is 0.121 e. The van der Waals surface area contributed by atoms with Crippen molar-refractivity contribution in [2.75, 3.05) is 13.0 Å². The summed E-state index contributed by atoms with van der Waals surface area (Å²) in [6.45, 7) is 2.37. The Morgan fingerprint density at radius 3 is 2.71 bits per heavy atom. The molecule has 0 aliphatic heterocycles. The van der Waals surface area contributed by atoms with Crippen LogP contribution in [0.5, 0.6) is 5.75 Å². The van der Waals surface area contributed by atoms with Gasteiger partial charge < -0.3 is 9.30 Å². The number of imidazole rings is 1. The van der Waals surface area contributed by atoms with Gasteiger partial charge in [-0.3, -0.25) is 0 Å². The number of nitrogens with zero attached hydrogens (tertiary/aromatic N) is 2. The summed E-state index contributed by atoms with van der Waals surface area (Å²) in [5, 5.41) is 0. The fourth-order valence-corrected chi connectivity index (χ4v) is 3.79. The highest BCUT2D eigenvalue weighted by atomic mass is 35.5. The lowest BCUT2D eigenvalue weighted by Crippen LogP contribution is -2.34. The van der Waals surface area contributed by atoms with Crippen molar-refractivity contribution in [2.24, 2.45) is 0 Å². The van der Waals surface area contributed by atoms with Crippen LogP contribution in [0.25, 0.3) is 11.0 Å². The van der Waals surface area contributed by atoms with Gasteiger partial charge in [0.05, 0.1) is 18.1 Å². The number of halogens is 1. The third kappa shape index (κ3) is 2.64. The summed E-state index contributed by atoms with van der Waals surface area (Å²) in [5.41, 5.74) is 2.38. The molecule has 1 fully saturated rings. The van der Waals surface area contributed by atoms with Gasteiger partial charge in [-0.05, 0) is 31.9 Å². The maximum absolute atomic E-state index is 6.00. The predicted octanol–water partition coefficient (Wildman–Crippen LogP) is 4.51. The zero-order valence-electron chi connectivity index (χ0n) is 12.9. The van der Waals surface area contributed by atoms with E-state index in [1.807, 2.05) is 6.07 Å². The van der Waals surface area contributed by atoms with Gasteiger partial charge in [-0.1, -0.05) is 19.3 Å². The largest absolute Gasteiger partial charge is 0.497 e. The number of aromatic nitrogens is 2. The zero-order chi connectivity index (χ0) is 14.9. The van der Waals surface area contributed by atoms with Gasteiger partial charge in [0.2, 0.25) is 0 Å². The molecule has 0 saturated heterocycles. The SMILES string of the molecule is COc1ccc2nc(CCCl)n(C3(C)CCCCC3)c2c1.